The summed E-state index contributed by atoms with van der Waals surface area (Å²) in [6.07, 6.45) is 12.6. The van der Waals surface area contributed by atoms with E-state index < -0.39 is 0 Å². The lowest BCUT2D eigenvalue weighted by Crippen LogP contribution is -2.52. The van der Waals surface area contributed by atoms with Gasteiger partial charge in [0, 0.05) is 17.9 Å². The van der Waals surface area contributed by atoms with Gasteiger partial charge in [0.2, 0.25) is 0 Å². The molecular formula is C18H25N. The van der Waals surface area contributed by atoms with E-state index in [4.69, 9.17) is 6.42 Å². The number of hydrogen-bond acceptors (Lipinski definition) is 1. The Balaban J connectivity index is 2.14. The Morgan fingerprint density at radius 3 is 2.58 bits per heavy atom. The molecule has 1 fully saturated rings. The first-order chi connectivity index (χ1) is 9.33. The van der Waals surface area contributed by atoms with Crippen LogP contribution in [0.4, 0.5) is 0 Å². The first-order valence-corrected chi connectivity index (χ1v) is 7.56. The van der Waals surface area contributed by atoms with E-state index in [9.17, 15) is 0 Å². The highest BCUT2D eigenvalue weighted by molar-refractivity contribution is 5.30. The van der Waals surface area contributed by atoms with Gasteiger partial charge >= 0.3 is 0 Å². The lowest BCUT2D eigenvalue weighted by molar-refractivity contribution is 0.161. The Kier molecular flexibility index (Phi) is 5.05. The molecule has 0 spiro atoms. The van der Waals surface area contributed by atoms with Gasteiger partial charge in [-0.25, -0.2) is 0 Å². The number of unbranched alkanes of at least 4 members (excludes halogenated alkanes) is 1. The van der Waals surface area contributed by atoms with Gasteiger partial charge in [-0.1, -0.05) is 43.7 Å². The van der Waals surface area contributed by atoms with E-state index in [1.54, 1.807) is 0 Å². The van der Waals surface area contributed by atoms with Crippen molar-refractivity contribution in [3.05, 3.63) is 35.9 Å². The Morgan fingerprint density at radius 2 is 2.05 bits per heavy atom. The zero-order valence-corrected chi connectivity index (χ0v) is 12.0. The highest BCUT2D eigenvalue weighted by Gasteiger charge is 2.44. The molecule has 1 aromatic rings. The highest BCUT2D eigenvalue weighted by Crippen LogP contribution is 2.47. The number of rotatable bonds is 7. The van der Waals surface area contributed by atoms with E-state index in [0.717, 1.165) is 19.4 Å². The number of likely N-dealkylation sites (N-methyl/N-ethyl adjacent to an activating group) is 1. The summed E-state index contributed by atoms with van der Waals surface area (Å²) in [5.41, 5.74) is 1.86. The minimum absolute atomic E-state index is 0.353. The van der Waals surface area contributed by atoms with E-state index in [1.165, 1.54) is 31.2 Å². The number of nitrogens with one attached hydrogen (secondary N) is 1. The normalized spacial score (nSPS) is 18.3. The van der Waals surface area contributed by atoms with Gasteiger partial charge in [0.1, 0.15) is 0 Å². The summed E-state index contributed by atoms with van der Waals surface area (Å²) in [6, 6.07) is 11.6. The maximum Gasteiger partial charge on any atom is 0.0164 e. The highest BCUT2D eigenvalue weighted by atomic mass is 14.9. The third-order valence-electron chi connectivity index (χ3n) is 4.53. The van der Waals surface area contributed by atoms with Crippen molar-refractivity contribution in [1.29, 1.82) is 0 Å². The fourth-order valence-electron chi connectivity index (χ4n) is 3.39. The van der Waals surface area contributed by atoms with Crippen LogP contribution in [0.15, 0.2) is 30.3 Å². The van der Waals surface area contributed by atoms with Crippen molar-refractivity contribution in [3.8, 4) is 12.3 Å². The Hall–Kier alpha value is -1.26. The topological polar surface area (TPSA) is 12.0 Å². The van der Waals surface area contributed by atoms with Crippen molar-refractivity contribution >= 4 is 0 Å². The van der Waals surface area contributed by atoms with Crippen molar-refractivity contribution in [2.75, 3.05) is 6.54 Å². The molecule has 1 saturated carbocycles. The number of terminal acetylenes is 1. The Morgan fingerprint density at radius 1 is 1.32 bits per heavy atom. The maximum absolute atomic E-state index is 5.38. The van der Waals surface area contributed by atoms with Gasteiger partial charge in [-0.05, 0) is 37.8 Å². The van der Waals surface area contributed by atoms with Crippen molar-refractivity contribution in [2.45, 2.75) is 56.9 Å². The van der Waals surface area contributed by atoms with Crippen LogP contribution in [-0.2, 0) is 5.41 Å². The molecule has 1 nitrogen and oxygen atoms in total. The molecule has 0 aliphatic heterocycles. The second-order valence-electron chi connectivity index (χ2n) is 5.58. The molecule has 1 unspecified atom stereocenters. The quantitative estimate of drug-likeness (QED) is 0.576. The molecule has 2 rings (SSSR count). The molecule has 1 aliphatic rings. The molecule has 102 valence electrons. The molecule has 19 heavy (non-hydrogen) atoms. The van der Waals surface area contributed by atoms with Gasteiger partial charge in [-0.3, -0.25) is 0 Å². The first-order valence-electron chi connectivity index (χ1n) is 7.56. The summed E-state index contributed by atoms with van der Waals surface area (Å²) in [7, 11) is 0. The predicted molar refractivity (Wildman–Crippen MR) is 82.1 cm³/mol. The molecule has 1 aromatic carbocycles. The second kappa shape index (κ2) is 6.78. The summed E-state index contributed by atoms with van der Waals surface area (Å²) in [5, 5.41) is 3.71. The van der Waals surface area contributed by atoms with Crippen LogP contribution in [0, 0.1) is 12.3 Å². The standard InChI is InChI=1S/C18H25N/c1-3-5-7-13-17(19-4-2)18(14-10-15-18)16-11-8-6-9-12-16/h1,6,8-9,11-12,17,19H,4-5,7,10,13-15H2,2H3. The molecule has 1 aliphatic carbocycles. The number of benzene rings is 1. The van der Waals surface area contributed by atoms with Gasteiger partial charge in [0.15, 0.2) is 0 Å². The molecule has 0 amide bonds. The van der Waals surface area contributed by atoms with Crippen LogP contribution in [0.1, 0.15) is 51.0 Å². The van der Waals surface area contributed by atoms with Gasteiger partial charge in [0.05, 0.1) is 0 Å². The molecule has 0 radical (unpaired) electrons. The van der Waals surface area contributed by atoms with Crippen LogP contribution in [0.5, 0.6) is 0 Å². The van der Waals surface area contributed by atoms with Gasteiger partial charge in [0.25, 0.3) is 0 Å². The zero-order chi connectivity index (χ0) is 13.6. The van der Waals surface area contributed by atoms with E-state index in [2.05, 4.69) is 48.5 Å². The van der Waals surface area contributed by atoms with Gasteiger partial charge in [-0.2, -0.15) is 0 Å². The van der Waals surface area contributed by atoms with Crippen LogP contribution in [0.3, 0.4) is 0 Å². The molecular weight excluding hydrogens is 230 g/mol. The minimum atomic E-state index is 0.353. The Labute approximate surface area is 117 Å². The van der Waals surface area contributed by atoms with E-state index >= 15 is 0 Å². The molecule has 1 heteroatoms. The monoisotopic (exact) mass is 255 g/mol. The minimum Gasteiger partial charge on any atom is -0.313 e. The molecule has 1 N–H and O–H groups in total. The van der Waals surface area contributed by atoms with Crippen LogP contribution in [0.2, 0.25) is 0 Å². The van der Waals surface area contributed by atoms with E-state index in [-0.39, 0.29) is 0 Å². The summed E-state index contributed by atoms with van der Waals surface area (Å²) in [5.74, 6) is 2.76. The van der Waals surface area contributed by atoms with Gasteiger partial charge < -0.3 is 5.32 Å². The summed E-state index contributed by atoms with van der Waals surface area (Å²) >= 11 is 0. The summed E-state index contributed by atoms with van der Waals surface area (Å²) in [6.45, 7) is 3.24. The Bertz CT molecular complexity index is 411. The van der Waals surface area contributed by atoms with Crippen LogP contribution in [0.25, 0.3) is 0 Å². The van der Waals surface area contributed by atoms with Gasteiger partial charge in [-0.15, -0.1) is 12.3 Å². The van der Waals surface area contributed by atoms with Crippen LogP contribution >= 0.6 is 0 Å². The average molecular weight is 255 g/mol. The number of hydrogen-bond donors (Lipinski definition) is 1. The van der Waals surface area contributed by atoms with Crippen molar-refractivity contribution in [1.82, 2.24) is 5.32 Å². The predicted octanol–water partition coefficient (Wildman–Crippen LogP) is 3.89. The fourth-order valence-corrected chi connectivity index (χ4v) is 3.39. The van der Waals surface area contributed by atoms with Crippen molar-refractivity contribution in [3.63, 3.8) is 0 Å². The maximum atomic E-state index is 5.38. The third kappa shape index (κ3) is 3.01. The molecule has 0 heterocycles. The smallest absolute Gasteiger partial charge is 0.0164 e. The summed E-state index contributed by atoms with van der Waals surface area (Å²) in [4.78, 5) is 0. The average Bonchev–Trinajstić information content (AvgIpc) is 2.39. The van der Waals surface area contributed by atoms with Crippen LogP contribution in [-0.4, -0.2) is 12.6 Å². The summed E-state index contributed by atoms with van der Waals surface area (Å²) < 4.78 is 0. The largest absolute Gasteiger partial charge is 0.313 e. The SMILES string of the molecule is C#CCCCC(NCC)C1(c2ccccc2)CCC1. The molecule has 1 atom stereocenters. The van der Waals surface area contributed by atoms with E-state index in [0.29, 0.717) is 11.5 Å². The lowest BCUT2D eigenvalue weighted by Gasteiger charge is -2.49. The zero-order valence-electron chi connectivity index (χ0n) is 12.0. The van der Waals surface area contributed by atoms with E-state index in [1.807, 2.05) is 0 Å². The van der Waals surface area contributed by atoms with Crippen LogP contribution < -0.4 is 5.32 Å². The lowest BCUT2D eigenvalue weighted by atomic mass is 9.59. The van der Waals surface area contributed by atoms with Crippen molar-refractivity contribution in [2.24, 2.45) is 0 Å². The fraction of sp³-hybridized carbons (Fsp3) is 0.556. The van der Waals surface area contributed by atoms with Crippen molar-refractivity contribution < 1.29 is 0 Å². The molecule has 0 aromatic heterocycles. The third-order valence-corrected chi connectivity index (χ3v) is 4.53. The molecule has 0 saturated heterocycles. The molecule has 0 bridgehead atoms. The first kappa shape index (κ1) is 14.2. The second-order valence-corrected chi connectivity index (χ2v) is 5.58.